The SMILES string of the molecule is O=C1Nc2ccccc2C1c1nc2ncc(NCCN3CCOCC3)cc2o1. The number of carbonyl (C=O) groups is 1. The molecule has 28 heavy (non-hydrogen) atoms. The Kier molecular flexibility index (Phi) is 4.42. The van der Waals surface area contributed by atoms with Crippen LogP contribution in [0.4, 0.5) is 11.4 Å². The van der Waals surface area contributed by atoms with Gasteiger partial charge in [0.25, 0.3) is 0 Å². The molecule has 0 bridgehead atoms. The maximum Gasteiger partial charge on any atom is 0.241 e. The highest BCUT2D eigenvalue weighted by Gasteiger charge is 2.35. The molecule has 0 spiro atoms. The first-order chi connectivity index (χ1) is 13.8. The Hall–Kier alpha value is -2.97. The third kappa shape index (κ3) is 3.21. The number of carbonyl (C=O) groups excluding carboxylic acids is 1. The number of aromatic nitrogens is 2. The Balaban J connectivity index is 1.32. The molecule has 5 rings (SSSR count). The van der Waals surface area contributed by atoms with Crippen LogP contribution in [0.5, 0.6) is 0 Å². The van der Waals surface area contributed by atoms with Crippen molar-refractivity contribution in [2.45, 2.75) is 5.92 Å². The van der Waals surface area contributed by atoms with Gasteiger partial charge in [0, 0.05) is 37.9 Å². The number of nitrogens with zero attached hydrogens (tertiary/aromatic N) is 3. The van der Waals surface area contributed by atoms with Crippen LogP contribution in [0.25, 0.3) is 11.2 Å². The molecule has 0 radical (unpaired) electrons. The van der Waals surface area contributed by atoms with Gasteiger partial charge in [0.2, 0.25) is 11.8 Å². The molecule has 1 unspecified atom stereocenters. The summed E-state index contributed by atoms with van der Waals surface area (Å²) in [5.41, 5.74) is 3.63. The summed E-state index contributed by atoms with van der Waals surface area (Å²) in [5.74, 6) is -0.296. The molecule has 0 aliphatic carbocycles. The summed E-state index contributed by atoms with van der Waals surface area (Å²) >= 11 is 0. The average Bonchev–Trinajstić information content (AvgIpc) is 3.27. The van der Waals surface area contributed by atoms with E-state index in [1.807, 2.05) is 30.3 Å². The average molecular weight is 379 g/mol. The summed E-state index contributed by atoms with van der Waals surface area (Å²) in [7, 11) is 0. The zero-order chi connectivity index (χ0) is 18.9. The van der Waals surface area contributed by atoms with Crippen LogP contribution in [0.15, 0.2) is 40.9 Å². The highest BCUT2D eigenvalue weighted by atomic mass is 16.5. The van der Waals surface area contributed by atoms with Crippen molar-refractivity contribution in [2.24, 2.45) is 0 Å². The molecule has 2 aliphatic rings. The molecule has 2 aliphatic heterocycles. The van der Waals surface area contributed by atoms with E-state index in [0.717, 1.165) is 56.3 Å². The minimum atomic E-state index is -0.539. The number of hydrogen-bond donors (Lipinski definition) is 2. The number of morpholine rings is 1. The maximum atomic E-state index is 12.4. The number of nitrogens with one attached hydrogen (secondary N) is 2. The van der Waals surface area contributed by atoms with E-state index in [1.54, 1.807) is 6.20 Å². The first-order valence-corrected chi connectivity index (χ1v) is 9.48. The lowest BCUT2D eigenvalue weighted by atomic mass is 10.0. The third-order valence-corrected chi connectivity index (χ3v) is 5.16. The van der Waals surface area contributed by atoms with E-state index >= 15 is 0 Å². The molecular weight excluding hydrogens is 358 g/mol. The third-order valence-electron chi connectivity index (χ3n) is 5.16. The molecule has 0 saturated carbocycles. The summed E-state index contributed by atoms with van der Waals surface area (Å²) in [4.78, 5) is 23.6. The van der Waals surface area contributed by atoms with Gasteiger partial charge in [-0.25, -0.2) is 4.98 Å². The lowest BCUT2D eigenvalue weighted by Crippen LogP contribution is -2.39. The first-order valence-electron chi connectivity index (χ1n) is 9.48. The lowest BCUT2D eigenvalue weighted by Gasteiger charge is -2.26. The highest BCUT2D eigenvalue weighted by Crippen LogP contribution is 2.37. The van der Waals surface area contributed by atoms with Crippen LogP contribution in [0.1, 0.15) is 17.4 Å². The van der Waals surface area contributed by atoms with Crippen LogP contribution >= 0.6 is 0 Å². The zero-order valence-electron chi connectivity index (χ0n) is 15.4. The number of pyridine rings is 1. The number of anilines is 2. The smallest absolute Gasteiger partial charge is 0.241 e. The largest absolute Gasteiger partial charge is 0.438 e. The van der Waals surface area contributed by atoms with Gasteiger partial charge in [0.05, 0.1) is 25.1 Å². The number of oxazole rings is 1. The predicted molar refractivity (Wildman–Crippen MR) is 104 cm³/mol. The van der Waals surface area contributed by atoms with Crippen molar-refractivity contribution < 1.29 is 13.9 Å². The van der Waals surface area contributed by atoms with E-state index in [1.165, 1.54) is 0 Å². The van der Waals surface area contributed by atoms with E-state index in [4.69, 9.17) is 9.15 Å². The second-order valence-corrected chi connectivity index (χ2v) is 6.99. The fourth-order valence-corrected chi connectivity index (χ4v) is 3.69. The summed E-state index contributed by atoms with van der Waals surface area (Å²) in [6.07, 6.45) is 1.75. The fraction of sp³-hybridized carbons (Fsp3) is 0.350. The number of rotatable bonds is 5. The minimum Gasteiger partial charge on any atom is -0.438 e. The van der Waals surface area contributed by atoms with Crippen LogP contribution in [-0.2, 0) is 9.53 Å². The van der Waals surface area contributed by atoms with Crippen molar-refractivity contribution in [1.82, 2.24) is 14.9 Å². The van der Waals surface area contributed by atoms with Crippen molar-refractivity contribution in [1.29, 1.82) is 0 Å². The van der Waals surface area contributed by atoms with Crippen LogP contribution in [0, 0.1) is 0 Å². The van der Waals surface area contributed by atoms with Gasteiger partial charge in [-0.05, 0) is 11.6 Å². The Morgan fingerprint density at radius 1 is 1.25 bits per heavy atom. The van der Waals surface area contributed by atoms with Gasteiger partial charge in [-0.15, -0.1) is 0 Å². The molecule has 8 nitrogen and oxygen atoms in total. The Bertz CT molecular complexity index is 1010. The molecule has 1 amide bonds. The van der Waals surface area contributed by atoms with E-state index < -0.39 is 5.92 Å². The number of amides is 1. The monoisotopic (exact) mass is 379 g/mol. The topological polar surface area (TPSA) is 92.5 Å². The fourth-order valence-electron chi connectivity index (χ4n) is 3.69. The zero-order valence-corrected chi connectivity index (χ0v) is 15.4. The van der Waals surface area contributed by atoms with Crippen LogP contribution in [0.2, 0.25) is 0 Å². The molecule has 1 aromatic carbocycles. The summed E-state index contributed by atoms with van der Waals surface area (Å²) in [5, 5.41) is 6.25. The van der Waals surface area contributed by atoms with Crippen LogP contribution in [0.3, 0.4) is 0 Å². The molecule has 1 atom stereocenters. The molecular formula is C20H21N5O3. The Morgan fingerprint density at radius 2 is 2.11 bits per heavy atom. The number of ether oxygens (including phenoxy) is 1. The summed E-state index contributed by atoms with van der Waals surface area (Å²) in [6.45, 7) is 5.29. The number of fused-ring (bicyclic) bond motifs is 2. The Labute approximate surface area is 161 Å². The molecule has 3 aromatic rings. The normalized spacial score (nSPS) is 19.6. The quantitative estimate of drug-likeness (QED) is 0.701. The highest BCUT2D eigenvalue weighted by molar-refractivity contribution is 6.04. The summed E-state index contributed by atoms with van der Waals surface area (Å²) < 4.78 is 11.3. The van der Waals surface area contributed by atoms with Crippen LogP contribution in [-0.4, -0.2) is 60.2 Å². The minimum absolute atomic E-state index is 0.128. The standard InChI is InChI=1S/C20H21N5O3/c26-19-17(14-3-1-2-4-15(14)23-19)20-24-18-16(28-20)11-13(12-22-18)21-5-6-25-7-9-27-10-8-25/h1-4,11-12,17,21H,5-10H2,(H,23,26). The van der Waals surface area contributed by atoms with E-state index in [9.17, 15) is 4.79 Å². The molecule has 4 heterocycles. The Morgan fingerprint density at radius 3 is 3.00 bits per heavy atom. The summed E-state index contributed by atoms with van der Waals surface area (Å²) in [6, 6.07) is 9.48. The first kappa shape index (κ1) is 17.2. The molecule has 2 N–H and O–H groups in total. The van der Waals surface area contributed by atoms with Gasteiger partial charge in [-0.1, -0.05) is 18.2 Å². The molecule has 2 aromatic heterocycles. The van der Waals surface area contributed by atoms with Crippen molar-refractivity contribution in [3.05, 3.63) is 48.0 Å². The van der Waals surface area contributed by atoms with Crippen LogP contribution < -0.4 is 10.6 Å². The molecule has 1 saturated heterocycles. The lowest BCUT2D eigenvalue weighted by molar-refractivity contribution is -0.116. The van der Waals surface area contributed by atoms with E-state index in [-0.39, 0.29) is 5.91 Å². The predicted octanol–water partition coefficient (Wildman–Crippen LogP) is 2.05. The number of para-hydroxylation sites is 1. The van der Waals surface area contributed by atoms with Gasteiger partial charge in [0.1, 0.15) is 5.92 Å². The molecule has 144 valence electrons. The van der Waals surface area contributed by atoms with Crippen molar-refractivity contribution in [3.8, 4) is 0 Å². The van der Waals surface area contributed by atoms with Crippen molar-refractivity contribution >= 4 is 28.5 Å². The van der Waals surface area contributed by atoms with E-state index in [2.05, 4.69) is 25.5 Å². The van der Waals surface area contributed by atoms with Gasteiger partial charge >= 0.3 is 0 Å². The maximum absolute atomic E-state index is 12.4. The molecule has 8 heteroatoms. The number of benzene rings is 1. The van der Waals surface area contributed by atoms with Gasteiger partial charge in [-0.2, -0.15) is 4.98 Å². The van der Waals surface area contributed by atoms with Crippen molar-refractivity contribution in [2.75, 3.05) is 50.0 Å². The number of hydrogen-bond acceptors (Lipinski definition) is 7. The molecule has 1 fully saturated rings. The van der Waals surface area contributed by atoms with Gasteiger partial charge in [-0.3, -0.25) is 9.69 Å². The van der Waals surface area contributed by atoms with Crippen molar-refractivity contribution in [3.63, 3.8) is 0 Å². The van der Waals surface area contributed by atoms with E-state index in [0.29, 0.717) is 17.1 Å². The van der Waals surface area contributed by atoms with Gasteiger partial charge < -0.3 is 19.8 Å². The second kappa shape index (κ2) is 7.21. The van der Waals surface area contributed by atoms with Gasteiger partial charge in [0.15, 0.2) is 11.2 Å². The second-order valence-electron chi connectivity index (χ2n) is 6.99.